The number of carbonyl (C=O) groups is 1. The van der Waals surface area contributed by atoms with E-state index in [1.807, 2.05) is 6.20 Å². The minimum Gasteiger partial charge on any atom is -0.480 e. The fourth-order valence-corrected chi connectivity index (χ4v) is 3.95. The highest BCUT2D eigenvalue weighted by atomic mass is 16.4. The maximum atomic E-state index is 11.6. The van der Waals surface area contributed by atoms with E-state index < -0.39 is 5.97 Å². The van der Waals surface area contributed by atoms with Crippen LogP contribution in [0.1, 0.15) is 37.7 Å². The summed E-state index contributed by atoms with van der Waals surface area (Å²) >= 11 is 0. The molecule has 0 amide bonds. The van der Waals surface area contributed by atoms with Gasteiger partial charge in [-0.25, -0.2) is 0 Å². The lowest BCUT2D eigenvalue weighted by Gasteiger charge is -2.32. The first-order chi connectivity index (χ1) is 10.2. The molecule has 0 bridgehead atoms. The summed E-state index contributed by atoms with van der Waals surface area (Å²) in [5, 5.41) is 22.6. The molecule has 6 heteroatoms. The first-order valence-electron chi connectivity index (χ1n) is 7.80. The molecule has 0 aromatic carbocycles. The van der Waals surface area contributed by atoms with Crippen LogP contribution in [0.25, 0.3) is 0 Å². The fraction of sp³-hybridized carbons (Fsp3) is 0.733. The lowest BCUT2D eigenvalue weighted by molar-refractivity contribution is -0.142. The molecule has 116 valence electrons. The first-order valence-corrected chi connectivity index (χ1v) is 7.80. The molecule has 6 nitrogen and oxygen atoms in total. The summed E-state index contributed by atoms with van der Waals surface area (Å²) in [6.45, 7) is 1.19. The molecule has 2 fully saturated rings. The SMILES string of the molecule is O=C(O)C1CC2CCCCC2N1Cc1cnn(CCO)c1. The number of hydrogen-bond donors (Lipinski definition) is 2. The highest BCUT2D eigenvalue weighted by Crippen LogP contribution is 2.40. The van der Waals surface area contributed by atoms with Crippen molar-refractivity contribution >= 4 is 5.97 Å². The third-order valence-electron chi connectivity index (χ3n) is 4.89. The summed E-state index contributed by atoms with van der Waals surface area (Å²) in [6.07, 6.45) is 9.18. The van der Waals surface area contributed by atoms with E-state index in [9.17, 15) is 9.90 Å². The van der Waals surface area contributed by atoms with Crippen molar-refractivity contribution in [2.24, 2.45) is 5.92 Å². The van der Waals surface area contributed by atoms with Gasteiger partial charge in [0.05, 0.1) is 19.3 Å². The van der Waals surface area contributed by atoms with Crippen LogP contribution in [0.5, 0.6) is 0 Å². The summed E-state index contributed by atoms with van der Waals surface area (Å²) in [4.78, 5) is 13.7. The number of aliphatic carboxylic acids is 1. The summed E-state index contributed by atoms with van der Waals surface area (Å²) in [5.74, 6) is -0.167. The summed E-state index contributed by atoms with van der Waals surface area (Å²) in [5.41, 5.74) is 1.03. The molecule has 1 aliphatic carbocycles. The van der Waals surface area contributed by atoms with Gasteiger partial charge in [0.2, 0.25) is 0 Å². The fourth-order valence-electron chi connectivity index (χ4n) is 3.95. The van der Waals surface area contributed by atoms with E-state index in [2.05, 4.69) is 10.00 Å². The molecule has 1 aromatic heterocycles. The van der Waals surface area contributed by atoms with Gasteiger partial charge in [-0.3, -0.25) is 14.4 Å². The van der Waals surface area contributed by atoms with Crippen molar-refractivity contribution in [1.29, 1.82) is 0 Å². The van der Waals surface area contributed by atoms with Crippen LogP contribution < -0.4 is 0 Å². The van der Waals surface area contributed by atoms with Crippen molar-refractivity contribution in [1.82, 2.24) is 14.7 Å². The number of aliphatic hydroxyl groups excluding tert-OH is 1. The lowest BCUT2D eigenvalue weighted by atomic mass is 9.85. The predicted octanol–water partition coefficient (Wildman–Crippen LogP) is 1.09. The first kappa shape index (κ1) is 14.5. The molecule has 1 aromatic rings. The van der Waals surface area contributed by atoms with Gasteiger partial charge in [0.1, 0.15) is 6.04 Å². The second-order valence-corrected chi connectivity index (χ2v) is 6.21. The quantitative estimate of drug-likeness (QED) is 0.850. The van der Waals surface area contributed by atoms with Crippen LogP contribution >= 0.6 is 0 Å². The Kier molecular flexibility index (Phi) is 4.26. The van der Waals surface area contributed by atoms with Gasteiger partial charge >= 0.3 is 5.97 Å². The van der Waals surface area contributed by atoms with Crippen molar-refractivity contribution in [3.8, 4) is 0 Å². The van der Waals surface area contributed by atoms with Crippen molar-refractivity contribution in [2.75, 3.05) is 6.61 Å². The molecule has 1 aliphatic heterocycles. The largest absolute Gasteiger partial charge is 0.480 e. The van der Waals surface area contributed by atoms with E-state index in [4.69, 9.17) is 5.11 Å². The number of carboxylic acid groups (broad SMARTS) is 1. The second kappa shape index (κ2) is 6.15. The minimum absolute atomic E-state index is 0.0628. The number of fused-ring (bicyclic) bond motifs is 1. The molecule has 2 heterocycles. The van der Waals surface area contributed by atoms with Gasteiger partial charge in [0.25, 0.3) is 0 Å². The van der Waals surface area contributed by atoms with E-state index >= 15 is 0 Å². The summed E-state index contributed by atoms with van der Waals surface area (Å²) in [6, 6.07) is 0.0420. The van der Waals surface area contributed by atoms with Crippen LogP contribution in [0.3, 0.4) is 0 Å². The van der Waals surface area contributed by atoms with Crippen molar-refractivity contribution in [2.45, 2.75) is 57.3 Å². The van der Waals surface area contributed by atoms with Gasteiger partial charge in [0, 0.05) is 24.3 Å². The number of carboxylic acids is 1. The number of nitrogens with zero attached hydrogens (tertiary/aromatic N) is 3. The van der Waals surface area contributed by atoms with Gasteiger partial charge in [-0.1, -0.05) is 12.8 Å². The van der Waals surface area contributed by atoms with E-state index in [-0.39, 0.29) is 12.6 Å². The average molecular weight is 293 g/mol. The Bertz CT molecular complexity index is 502. The molecule has 2 N–H and O–H groups in total. The number of aromatic nitrogens is 2. The van der Waals surface area contributed by atoms with Crippen molar-refractivity contribution < 1.29 is 15.0 Å². The van der Waals surface area contributed by atoms with E-state index in [0.717, 1.165) is 24.8 Å². The topological polar surface area (TPSA) is 78.6 Å². The molecule has 0 radical (unpaired) electrons. The average Bonchev–Trinajstić information content (AvgIpc) is 3.05. The zero-order valence-electron chi connectivity index (χ0n) is 12.2. The van der Waals surface area contributed by atoms with Crippen LogP contribution in [-0.2, 0) is 17.9 Å². The highest BCUT2D eigenvalue weighted by molar-refractivity contribution is 5.74. The molecule has 3 rings (SSSR count). The third-order valence-corrected chi connectivity index (χ3v) is 4.89. The molecule has 3 atom stereocenters. The van der Waals surface area contributed by atoms with Gasteiger partial charge < -0.3 is 10.2 Å². The van der Waals surface area contributed by atoms with Crippen LogP contribution in [0.2, 0.25) is 0 Å². The van der Waals surface area contributed by atoms with E-state index in [1.165, 1.54) is 12.8 Å². The van der Waals surface area contributed by atoms with Crippen LogP contribution in [0.4, 0.5) is 0 Å². The van der Waals surface area contributed by atoms with Gasteiger partial charge in [-0.15, -0.1) is 0 Å². The monoisotopic (exact) mass is 293 g/mol. The maximum absolute atomic E-state index is 11.6. The Morgan fingerprint density at radius 3 is 2.95 bits per heavy atom. The Hall–Kier alpha value is -1.40. The van der Waals surface area contributed by atoms with Gasteiger partial charge in [-0.05, 0) is 25.2 Å². The highest BCUT2D eigenvalue weighted by Gasteiger charge is 2.45. The van der Waals surface area contributed by atoms with Gasteiger partial charge in [-0.2, -0.15) is 5.10 Å². The smallest absolute Gasteiger partial charge is 0.320 e. The lowest BCUT2D eigenvalue weighted by Crippen LogP contribution is -2.41. The maximum Gasteiger partial charge on any atom is 0.320 e. The standard InChI is InChI=1S/C15H23N3O3/c19-6-5-17-9-11(8-16-17)10-18-13-4-2-1-3-12(13)7-14(18)15(20)21/h8-9,12-14,19H,1-7,10H2,(H,20,21). The Balaban J connectivity index is 1.74. The zero-order chi connectivity index (χ0) is 14.8. The van der Waals surface area contributed by atoms with Crippen molar-refractivity contribution in [3.63, 3.8) is 0 Å². The summed E-state index contributed by atoms with van der Waals surface area (Å²) < 4.78 is 1.71. The van der Waals surface area contributed by atoms with E-state index in [1.54, 1.807) is 10.9 Å². The van der Waals surface area contributed by atoms with Crippen LogP contribution in [0.15, 0.2) is 12.4 Å². The van der Waals surface area contributed by atoms with Crippen molar-refractivity contribution in [3.05, 3.63) is 18.0 Å². The molecule has 21 heavy (non-hydrogen) atoms. The Labute approximate surface area is 124 Å². The summed E-state index contributed by atoms with van der Waals surface area (Å²) in [7, 11) is 0. The van der Waals surface area contributed by atoms with Crippen LogP contribution in [-0.4, -0.2) is 49.6 Å². The number of aliphatic hydroxyl groups is 1. The molecule has 0 spiro atoms. The second-order valence-electron chi connectivity index (χ2n) is 6.21. The number of hydrogen-bond acceptors (Lipinski definition) is 4. The Morgan fingerprint density at radius 1 is 1.38 bits per heavy atom. The molecule has 2 aliphatic rings. The molecular weight excluding hydrogens is 270 g/mol. The number of likely N-dealkylation sites (tertiary alicyclic amines) is 1. The third kappa shape index (κ3) is 2.96. The molecule has 1 saturated carbocycles. The van der Waals surface area contributed by atoms with Gasteiger partial charge in [0.15, 0.2) is 0 Å². The molecular formula is C15H23N3O3. The minimum atomic E-state index is -0.702. The van der Waals surface area contributed by atoms with E-state index in [0.29, 0.717) is 25.0 Å². The van der Waals surface area contributed by atoms with Crippen LogP contribution in [0, 0.1) is 5.92 Å². The number of rotatable bonds is 5. The Morgan fingerprint density at radius 2 is 2.19 bits per heavy atom. The zero-order valence-corrected chi connectivity index (χ0v) is 12.2. The molecule has 1 saturated heterocycles. The normalized spacial score (nSPS) is 29.5. The predicted molar refractivity (Wildman–Crippen MR) is 76.6 cm³/mol. The molecule has 3 unspecified atom stereocenters.